The predicted octanol–water partition coefficient (Wildman–Crippen LogP) is 0.532. The minimum absolute atomic E-state index is 0.00289. The van der Waals surface area contributed by atoms with Crippen molar-refractivity contribution in [2.75, 3.05) is 33.4 Å². The quantitative estimate of drug-likeness (QED) is 0.581. The number of fused-ring (bicyclic) bond motifs is 1. The molecule has 3 fully saturated rings. The molecule has 2 aliphatic heterocycles. The maximum atomic E-state index is 12.4. The van der Waals surface area contributed by atoms with Crippen molar-refractivity contribution < 1.29 is 19.1 Å². The van der Waals surface area contributed by atoms with E-state index in [1.807, 2.05) is 0 Å². The van der Waals surface area contributed by atoms with Gasteiger partial charge in [0.1, 0.15) is 0 Å². The Morgan fingerprint density at radius 3 is 2.65 bits per heavy atom. The van der Waals surface area contributed by atoms with Crippen molar-refractivity contribution in [1.82, 2.24) is 15.5 Å². The van der Waals surface area contributed by atoms with Crippen molar-refractivity contribution in [2.45, 2.75) is 63.8 Å². The van der Waals surface area contributed by atoms with Crippen molar-refractivity contribution in [3.63, 3.8) is 0 Å². The maximum Gasteiger partial charge on any atom is 0.222 e. The van der Waals surface area contributed by atoms with Gasteiger partial charge in [0.25, 0.3) is 0 Å². The van der Waals surface area contributed by atoms with Crippen molar-refractivity contribution in [3.8, 4) is 0 Å². The van der Waals surface area contributed by atoms with E-state index in [1.165, 1.54) is 0 Å². The molecule has 7 nitrogen and oxygen atoms in total. The average molecular weight is 367 g/mol. The summed E-state index contributed by atoms with van der Waals surface area (Å²) in [4.78, 5) is 27.0. The third kappa shape index (κ3) is 4.75. The van der Waals surface area contributed by atoms with Crippen LogP contribution in [0.4, 0.5) is 0 Å². The van der Waals surface area contributed by atoms with Crippen LogP contribution in [0.2, 0.25) is 0 Å². The summed E-state index contributed by atoms with van der Waals surface area (Å²) in [5, 5.41) is 5.98. The first-order chi connectivity index (χ1) is 12.5. The number of ether oxygens (including phenoxy) is 2. The normalized spacial score (nSPS) is 31.2. The summed E-state index contributed by atoms with van der Waals surface area (Å²) in [5.74, 6) is 0.643. The molecular formula is C19H33N3O4. The Bertz CT molecular complexity index is 509. The Hall–Kier alpha value is -1.18. The maximum absolute atomic E-state index is 12.4. The molecule has 2 saturated heterocycles. The van der Waals surface area contributed by atoms with E-state index >= 15 is 0 Å². The number of methoxy groups -OCH3 is 1. The SMILES string of the molecule is COCCNC(=O)C[C@@H]1OC[C@@H]2[C@H]1[C@H](CC(=O)NC1CC1)CN2C(C)C. The van der Waals surface area contributed by atoms with Gasteiger partial charge in [0.15, 0.2) is 0 Å². The standard InChI is InChI=1S/C19H33N3O4/c1-12(2)22-10-13(8-18(24)21-14-4-5-14)19-15(22)11-26-16(19)9-17(23)20-6-7-25-3/h12-16,19H,4-11H2,1-3H3,(H,20,23)(H,21,24)/t13-,15-,16+,19-/m1/s1. The Labute approximate surface area is 156 Å². The molecule has 0 radical (unpaired) electrons. The second-order valence-electron chi connectivity index (χ2n) is 8.16. The van der Waals surface area contributed by atoms with Gasteiger partial charge in [0, 0.05) is 50.7 Å². The van der Waals surface area contributed by atoms with Crippen LogP contribution >= 0.6 is 0 Å². The zero-order chi connectivity index (χ0) is 18.7. The van der Waals surface area contributed by atoms with E-state index < -0.39 is 0 Å². The third-order valence-electron chi connectivity index (χ3n) is 5.84. The van der Waals surface area contributed by atoms with Gasteiger partial charge >= 0.3 is 0 Å². The van der Waals surface area contributed by atoms with Crippen LogP contribution in [0.3, 0.4) is 0 Å². The summed E-state index contributed by atoms with van der Waals surface area (Å²) in [6.45, 7) is 6.97. The highest BCUT2D eigenvalue weighted by atomic mass is 16.5. The Morgan fingerprint density at radius 1 is 1.23 bits per heavy atom. The highest BCUT2D eigenvalue weighted by molar-refractivity contribution is 5.77. The van der Waals surface area contributed by atoms with Gasteiger partial charge in [-0.2, -0.15) is 0 Å². The van der Waals surface area contributed by atoms with E-state index in [9.17, 15) is 9.59 Å². The van der Waals surface area contributed by atoms with Crippen LogP contribution < -0.4 is 10.6 Å². The van der Waals surface area contributed by atoms with Crippen LogP contribution in [0.15, 0.2) is 0 Å². The fraction of sp³-hybridized carbons (Fsp3) is 0.895. The number of amides is 2. The van der Waals surface area contributed by atoms with E-state index in [4.69, 9.17) is 9.47 Å². The van der Waals surface area contributed by atoms with E-state index in [1.54, 1.807) is 7.11 Å². The van der Waals surface area contributed by atoms with Gasteiger partial charge < -0.3 is 20.1 Å². The van der Waals surface area contributed by atoms with Crippen molar-refractivity contribution in [1.29, 1.82) is 0 Å². The first-order valence-corrected chi connectivity index (χ1v) is 9.92. The second kappa shape index (κ2) is 8.67. The average Bonchev–Trinajstić information content (AvgIpc) is 3.17. The van der Waals surface area contributed by atoms with Gasteiger partial charge in [-0.25, -0.2) is 0 Å². The minimum Gasteiger partial charge on any atom is -0.383 e. The van der Waals surface area contributed by atoms with Gasteiger partial charge in [-0.05, 0) is 32.6 Å². The molecular weight excluding hydrogens is 334 g/mol. The van der Waals surface area contributed by atoms with E-state index in [0.717, 1.165) is 19.4 Å². The number of hydrogen-bond donors (Lipinski definition) is 2. The van der Waals surface area contributed by atoms with Crippen LogP contribution in [0.5, 0.6) is 0 Å². The lowest BCUT2D eigenvalue weighted by molar-refractivity contribution is -0.124. The molecule has 1 saturated carbocycles. The highest BCUT2D eigenvalue weighted by Crippen LogP contribution is 2.42. The lowest BCUT2D eigenvalue weighted by atomic mass is 9.84. The lowest BCUT2D eigenvalue weighted by Crippen LogP contribution is -2.38. The summed E-state index contributed by atoms with van der Waals surface area (Å²) < 4.78 is 11.0. The summed E-state index contributed by atoms with van der Waals surface area (Å²) in [5.41, 5.74) is 0. The molecule has 2 N–H and O–H groups in total. The second-order valence-corrected chi connectivity index (χ2v) is 8.16. The molecule has 2 heterocycles. The van der Waals surface area contributed by atoms with Crippen molar-refractivity contribution in [2.24, 2.45) is 11.8 Å². The number of nitrogens with one attached hydrogen (secondary N) is 2. The first kappa shape index (κ1) is 19.6. The minimum atomic E-state index is -0.106. The van der Waals surface area contributed by atoms with E-state index in [2.05, 4.69) is 29.4 Å². The van der Waals surface area contributed by atoms with Gasteiger partial charge in [-0.1, -0.05) is 0 Å². The molecule has 3 rings (SSSR count). The van der Waals surface area contributed by atoms with Crippen LogP contribution in [0.25, 0.3) is 0 Å². The number of carbonyl (C=O) groups is 2. The number of carbonyl (C=O) groups excluding carboxylic acids is 2. The smallest absolute Gasteiger partial charge is 0.222 e. The summed E-state index contributed by atoms with van der Waals surface area (Å²) in [6, 6.07) is 1.12. The molecule has 0 bridgehead atoms. The molecule has 2 amide bonds. The molecule has 0 aromatic rings. The number of likely N-dealkylation sites (tertiary alicyclic amines) is 1. The predicted molar refractivity (Wildman–Crippen MR) is 97.6 cm³/mol. The molecule has 0 aromatic heterocycles. The molecule has 26 heavy (non-hydrogen) atoms. The van der Waals surface area contributed by atoms with Crippen molar-refractivity contribution >= 4 is 11.8 Å². The van der Waals surface area contributed by atoms with Gasteiger partial charge in [0.2, 0.25) is 11.8 Å². The monoisotopic (exact) mass is 367 g/mol. The van der Waals surface area contributed by atoms with Gasteiger partial charge in [0.05, 0.1) is 25.7 Å². The molecule has 1 aliphatic carbocycles. The molecule has 0 spiro atoms. The molecule has 0 unspecified atom stereocenters. The molecule has 4 atom stereocenters. The Morgan fingerprint density at radius 2 is 2.00 bits per heavy atom. The fourth-order valence-electron chi connectivity index (χ4n) is 4.44. The molecule has 7 heteroatoms. The lowest BCUT2D eigenvalue weighted by Gasteiger charge is -2.26. The largest absolute Gasteiger partial charge is 0.383 e. The fourth-order valence-corrected chi connectivity index (χ4v) is 4.44. The molecule has 148 valence electrons. The Balaban J connectivity index is 1.60. The zero-order valence-electron chi connectivity index (χ0n) is 16.2. The zero-order valence-corrected chi connectivity index (χ0v) is 16.2. The van der Waals surface area contributed by atoms with E-state index in [0.29, 0.717) is 50.7 Å². The molecule has 3 aliphatic rings. The van der Waals surface area contributed by atoms with Crippen LogP contribution in [0, 0.1) is 11.8 Å². The van der Waals surface area contributed by atoms with Crippen molar-refractivity contribution in [3.05, 3.63) is 0 Å². The van der Waals surface area contributed by atoms with Crippen LogP contribution in [-0.2, 0) is 19.1 Å². The third-order valence-corrected chi connectivity index (χ3v) is 5.84. The summed E-state index contributed by atoms with van der Waals surface area (Å²) >= 11 is 0. The van der Waals surface area contributed by atoms with Crippen LogP contribution in [0.1, 0.15) is 39.5 Å². The number of rotatable bonds is 9. The number of hydrogen-bond acceptors (Lipinski definition) is 5. The molecule has 0 aromatic carbocycles. The van der Waals surface area contributed by atoms with Gasteiger partial charge in [-0.3, -0.25) is 14.5 Å². The van der Waals surface area contributed by atoms with Gasteiger partial charge in [-0.15, -0.1) is 0 Å². The topological polar surface area (TPSA) is 79.9 Å². The Kier molecular flexibility index (Phi) is 6.53. The van der Waals surface area contributed by atoms with E-state index in [-0.39, 0.29) is 29.8 Å². The summed E-state index contributed by atoms with van der Waals surface area (Å²) in [6.07, 6.45) is 3.00. The summed E-state index contributed by atoms with van der Waals surface area (Å²) in [7, 11) is 1.62. The number of nitrogens with zero attached hydrogens (tertiary/aromatic N) is 1. The van der Waals surface area contributed by atoms with Crippen LogP contribution in [-0.4, -0.2) is 74.4 Å². The first-order valence-electron chi connectivity index (χ1n) is 9.92. The highest BCUT2D eigenvalue weighted by Gasteiger charge is 2.51.